The highest BCUT2D eigenvalue weighted by molar-refractivity contribution is 5.58. The summed E-state index contributed by atoms with van der Waals surface area (Å²) in [6.07, 6.45) is 1.54. The van der Waals surface area contributed by atoms with E-state index in [1.54, 1.807) is 0 Å². The molecule has 20 heavy (non-hydrogen) atoms. The molecule has 0 aromatic heterocycles. The number of benzene rings is 1. The van der Waals surface area contributed by atoms with Crippen molar-refractivity contribution in [1.29, 1.82) is 0 Å². The summed E-state index contributed by atoms with van der Waals surface area (Å²) >= 11 is 0. The third-order valence-corrected chi connectivity index (χ3v) is 6.19. The van der Waals surface area contributed by atoms with E-state index in [0.29, 0.717) is 18.3 Å². The van der Waals surface area contributed by atoms with E-state index < -0.39 is 0 Å². The zero-order valence-corrected chi connectivity index (χ0v) is 14.0. The quantitative estimate of drug-likeness (QED) is 0.720. The minimum atomic E-state index is 0.162. The van der Waals surface area contributed by atoms with Gasteiger partial charge < -0.3 is 4.79 Å². The molecule has 0 amide bonds. The Labute approximate surface area is 123 Å². The Kier molecular flexibility index (Phi) is 3.60. The summed E-state index contributed by atoms with van der Waals surface area (Å²) in [7, 11) is 0. The van der Waals surface area contributed by atoms with Gasteiger partial charge in [-0.2, -0.15) is 0 Å². The third kappa shape index (κ3) is 2.03. The molecular formula is C19H28O. The normalized spacial score (nSPS) is 26.9. The molecule has 110 valence electrons. The molecular weight excluding hydrogens is 244 g/mol. The Bertz CT molecular complexity index is 537. The van der Waals surface area contributed by atoms with Crippen molar-refractivity contribution in [3.8, 4) is 0 Å². The van der Waals surface area contributed by atoms with Gasteiger partial charge in [-0.05, 0) is 51.8 Å². The van der Waals surface area contributed by atoms with Gasteiger partial charge in [-0.3, -0.25) is 0 Å². The highest BCUT2D eigenvalue weighted by Crippen LogP contribution is 2.52. The molecule has 0 fully saturated rings. The highest BCUT2D eigenvalue weighted by atomic mass is 16.1. The third-order valence-electron chi connectivity index (χ3n) is 6.19. The fourth-order valence-corrected chi connectivity index (χ4v) is 3.87. The molecule has 2 rings (SSSR count). The van der Waals surface area contributed by atoms with Crippen LogP contribution in [0.3, 0.4) is 0 Å². The lowest BCUT2D eigenvalue weighted by atomic mass is 9.53. The van der Waals surface area contributed by atoms with Gasteiger partial charge in [0.15, 0.2) is 0 Å². The topological polar surface area (TPSA) is 17.1 Å². The summed E-state index contributed by atoms with van der Waals surface area (Å²) in [6.45, 7) is 16.3. The maximum absolute atomic E-state index is 10.9. The number of aryl methyl sites for hydroxylation is 1. The van der Waals surface area contributed by atoms with Crippen molar-refractivity contribution in [2.45, 2.75) is 65.7 Å². The lowest BCUT2D eigenvalue weighted by Crippen LogP contribution is -2.46. The molecule has 1 aromatic rings. The molecule has 0 saturated carbocycles. The molecule has 0 unspecified atom stereocenters. The Balaban J connectivity index is 2.73. The van der Waals surface area contributed by atoms with Crippen LogP contribution in [0.25, 0.3) is 0 Å². The molecule has 1 aliphatic carbocycles. The van der Waals surface area contributed by atoms with E-state index in [4.69, 9.17) is 0 Å². The van der Waals surface area contributed by atoms with Crippen LogP contribution in [0.4, 0.5) is 0 Å². The second-order valence-corrected chi connectivity index (χ2v) is 7.72. The molecule has 1 aromatic carbocycles. The van der Waals surface area contributed by atoms with Gasteiger partial charge in [-0.25, -0.2) is 0 Å². The number of hydrogen-bond acceptors (Lipinski definition) is 1. The fourth-order valence-electron chi connectivity index (χ4n) is 3.87. The maximum atomic E-state index is 10.9. The molecule has 0 N–H and O–H groups in total. The molecule has 2 atom stereocenters. The second kappa shape index (κ2) is 4.72. The van der Waals surface area contributed by atoms with Crippen LogP contribution >= 0.6 is 0 Å². The van der Waals surface area contributed by atoms with Crippen LogP contribution in [0.1, 0.15) is 63.8 Å². The van der Waals surface area contributed by atoms with Gasteiger partial charge in [0, 0.05) is 6.42 Å². The first-order chi connectivity index (χ1) is 9.14. The van der Waals surface area contributed by atoms with Gasteiger partial charge in [0.2, 0.25) is 0 Å². The van der Waals surface area contributed by atoms with Gasteiger partial charge in [0.1, 0.15) is 6.29 Å². The van der Waals surface area contributed by atoms with E-state index >= 15 is 0 Å². The van der Waals surface area contributed by atoms with Crippen molar-refractivity contribution in [3.05, 3.63) is 34.4 Å². The summed E-state index contributed by atoms with van der Waals surface area (Å²) in [5, 5.41) is 0. The van der Waals surface area contributed by atoms with E-state index in [-0.39, 0.29) is 10.8 Å². The Morgan fingerprint density at radius 3 is 1.90 bits per heavy atom. The molecule has 1 nitrogen and oxygen atoms in total. The average molecular weight is 272 g/mol. The molecule has 0 heterocycles. The van der Waals surface area contributed by atoms with Gasteiger partial charge in [0.05, 0.1) is 0 Å². The zero-order valence-electron chi connectivity index (χ0n) is 14.0. The van der Waals surface area contributed by atoms with Crippen LogP contribution in [-0.4, -0.2) is 6.29 Å². The Morgan fingerprint density at radius 1 is 1.00 bits per heavy atom. The largest absolute Gasteiger partial charge is 0.303 e. The molecule has 1 heteroatoms. The predicted octanol–water partition coefficient (Wildman–Crippen LogP) is 4.58. The molecule has 1 aliphatic rings. The van der Waals surface area contributed by atoms with E-state index in [1.807, 2.05) is 0 Å². The van der Waals surface area contributed by atoms with Gasteiger partial charge in [-0.15, -0.1) is 0 Å². The van der Waals surface area contributed by atoms with Crippen LogP contribution in [0, 0.1) is 18.8 Å². The summed E-state index contributed by atoms with van der Waals surface area (Å²) in [6, 6.07) is 4.63. The van der Waals surface area contributed by atoms with Gasteiger partial charge >= 0.3 is 0 Å². The van der Waals surface area contributed by atoms with Crippen LogP contribution in [0.5, 0.6) is 0 Å². The van der Waals surface area contributed by atoms with Crippen molar-refractivity contribution in [1.82, 2.24) is 0 Å². The number of carbonyl (C=O) groups is 1. The predicted molar refractivity (Wildman–Crippen MR) is 85.3 cm³/mol. The van der Waals surface area contributed by atoms with E-state index in [1.165, 1.54) is 22.3 Å². The summed E-state index contributed by atoms with van der Waals surface area (Å²) in [5.74, 6) is 1.26. The lowest BCUT2D eigenvalue weighted by Gasteiger charge is -2.51. The van der Waals surface area contributed by atoms with Crippen LogP contribution in [0.2, 0.25) is 0 Å². The Hall–Kier alpha value is -1.11. The van der Waals surface area contributed by atoms with E-state index in [2.05, 4.69) is 60.6 Å². The summed E-state index contributed by atoms with van der Waals surface area (Å²) in [5.41, 5.74) is 5.70. The molecule has 0 bridgehead atoms. The maximum Gasteiger partial charge on any atom is 0.124 e. The van der Waals surface area contributed by atoms with E-state index in [0.717, 1.165) is 6.29 Å². The smallest absolute Gasteiger partial charge is 0.124 e. The van der Waals surface area contributed by atoms with Crippen LogP contribution in [-0.2, 0) is 22.0 Å². The van der Waals surface area contributed by atoms with E-state index in [9.17, 15) is 4.79 Å². The monoisotopic (exact) mass is 272 g/mol. The van der Waals surface area contributed by atoms with Crippen molar-refractivity contribution in [2.75, 3.05) is 0 Å². The first-order valence-electron chi connectivity index (χ1n) is 7.72. The number of carbonyl (C=O) groups excluding carboxylic acids is 1. The Morgan fingerprint density at radius 2 is 1.45 bits per heavy atom. The SMILES string of the molecule is Cc1cc2c(cc1CC=O)C(C)(C)[C@@H](C)[C@@H](C)C2(C)C. The standard InChI is InChI=1S/C19H28O/c1-12-10-16-17(11-15(12)8-9-20)19(6,7)14(3)13(2)18(16,4)5/h9-11,13-14H,8H2,1-7H3/t13-,14+/m1/s1. The molecule has 0 saturated heterocycles. The summed E-state index contributed by atoms with van der Waals surface area (Å²) in [4.78, 5) is 10.9. The van der Waals surface area contributed by atoms with Crippen molar-refractivity contribution >= 4 is 6.29 Å². The zero-order chi connectivity index (χ0) is 15.3. The van der Waals surface area contributed by atoms with Crippen molar-refractivity contribution in [2.24, 2.45) is 11.8 Å². The van der Waals surface area contributed by atoms with Crippen molar-refractivity contribution in [3.63, 3.8) is 0 Å². The average Bonchev–Trinajstić information content (AvgIpc) is 2.37. The molecule has 0 spiro atoms. The first-order valence-corrected chi connectivity index (χ1v) is 7.72. The molecule has 0 aliphatic heterocycles. The number of aldehydes is 1. The minimum Gasteiger partial charge on any atom is -0.303 e. The second-order valence-electron chi connectivity index (χ2n) is 7.72. The number of fused-ring (bicyclic) bond motifs is 1. The lowest BCUT2D eigenvalue weighted by molar-refractivity contribution is -0.107. The van der Waals surface area contributed by atoms with Crippen molar-refractivity contribution < 1.29 is 4.79 Å². The number of hydrogen-bond donors (Lipinski definition) is 0. The highest BCUT2D eigenvalue weighted by Gasteiger charge is 2.46. The number of rotatable bonds is 2. The minimum absolute atomic E-state index is 0.162. The fraction of sp³-hybridized carbons (Fsp3) is 0.632. The summed E-state index contributed by atoms with van der Waals surface area (Å²) < 4.78 is 0. The van der Waals surface area contributed by atoms with Gasteiger partial charge in [0.25, 0.3) is 0 Å². The van der Waals surface area contributed by atoms with Crippen LogP contribution in [0.15, 0.2) is 12.1 Å². The van der Waals surface area contributed by atoms with Crippen LogP contribution < -0.4 is 0 Å². The first kappa shape index (κ1) is 15.3. The van der Waals surface area contributed by atoms with Gasteiger partial charge in [-0.1, -0.05) is 53.7 Å². The molecule has 0 radical (unpaired) electrons.